The van der Waals surface area contributed by atoms with Crippen LogP contribution in [0.4, 0.5) is 0 Å². The molecule has 0 amide bonds. The molecular weight excluding hydrogens is 182 g/mol. The molecule has 2 aromatic rings. The van der Waals surface area contributed by atoms with Crippen molar-refractivity contribution in [3.63, 3.8) is 0 Å². The van der Waals surface area contributed by atoms with Gasteiger partial charge in [-0.2, -0.15) is 0 Å². The Kier molecular flexibility index (Phi) is 2.14. The van der Waals surface area contributed by atoms with Crippen molar-refractivity contribution in [1.29, 1.82) is 0 Å². The van der Waals surface area contributed by atoms with Gasteiger partial charge in [0.2, 0.25) is 0 Å². The average molecular weight is 193 g/mol. The van der Waals surface area contributed by atoms with Gasteiger partial charge in [-0.3, -0.25) is 0 Å². The van der Waals surface area contributed by atoms with E-state index in [2.05, 4.69) is 16.9 Å². The molecule has 2 aromatic heterocycles. The van der Waals surface area contributed by atoms with Crippen LogP contribution in [0.2, 0.25) is 0 Å². The Bertz CT molecular complexity index is 369. The SMILES string of the molecule is Cc1nc(Cn2ccnc2)sc1C. The van der Waals surface area contributed by atoms with E-state index in [9.17, 15) is 0 Å². The van der Waals surface area contributed by atoms with Crippen LogP contribution < -0.4 is 0 Å². The minimum atomic E-state index is 0.833. The number of rotatable bonds is 2. The second kappa shape index (κ2) is 3.30. The first-order chi connectivity index (χ1) is 6.25. The third-order valence-electron chi connectivity index (χ3n) is 1.95. The number of hydrogen-bond acceptors (Lipinski definition) is 3. The highest BCUT2D eigenvalue weighted by Gasteiger charge is 2.03. The van der Waals surface area contributed by atoms with E-state index >= 15 is 0 Å². The Labute approximate surface area is 81.1 Å². The Hall–Kier alpha value is -1.16. The monoisotopic (exact) mass is 193 g/mol. The molecular formula is C9H11N3S. The van der Waals surface area contributed by atoms with E-state index in [1.54, 1.807) is 17.5 Å². The van der Waals surface area contributed by atoms with Crippen LogP contribution in [0, 0.1) is 13.8 Å². The second-order valence-corrected chi connectivity index (χ2v) is 4.27. The molecule has 0 aliphatic heterocycles. The number of aromatic nitrogens is 3. The summed E-state index contributed by atoms with van der Waals surface area (Å²) in [6, 6.07) is 0. The lowest BCUT2D eigenvalue weighted by molar-refractivity contribution is 0.788. The predicted octanol–water partition coefficient (Wildman–Crippen LogP) is 2.00. The lowest BCUT2D eigenvalue weighted by Gasteiger charge is -1.95. The zero-order chi connectivity index (χ0) is 9.26. The molecule has 0 saturated heterocycles. The Balaban J connectivity index is 2.19. The van der Waals surface area contributed by atoms with Crippen molar-refractivity contribution < 1.29 is 0 Å². The van der Waals surface area contributed by atoms with Crippen molar-refractivity contribution in [2.24, 2.45) is 0 Å². The number of imidazole rings is 1. The van der Waals surface area contributed by atoms with Crippen molar-refractivity contribution >= 4 is 11.3 Å². The van der Waals surface area contributed by atoms with Crippen molar-refractivity contribution in [2.75, 3.05) is 0 Å². The van der Waals surface area contributed by atoms with E-state index in [-0.39, 0.29) is 0 Å². The van der Waals surface area contributed by atoms with E-state index in [4.69, 9.17) is 0 Å². The van der Waals surface area contributed by atoms with Gasteiger partial charge in [0.15, 0.2) is 0 Å². The minimum Gasteiger partial charge on any atom is -0.331 e. The molecule has 68 valence electrons. The fourth-order valence-electron chi connectivity index (χ4n) is 1.14. The van der Waals surface area contributed by atoms with Crippen LogP contribution >= 0.6 is 11.3 Å². The van der Waals surface area contributed by atoms with Crippen LogP contribution in [0.15, 0.2) is 18.7 Å². The van der Waals surface area contributed by atoms with Crippen molar-refractivity contribution in [2.45, 2.75) is 20.4 Å². The van der Waals surface area contributed by atoms with Gasteiger partial charge in [0.05, 0.1) is 18.6 Å². The van der Waals surface area contributed by atoms with Gasteiger partial charge < -0.3 is 4.57 Å². The van der Waals surface area contributed by atoms with E-state index in [0.717, 1.165) is 17.2 Å². The fraction of sp³-hybridized carbons (Fsp3) is 0.333. The standard InChI is InChI=1S/C9H11N3S/c1-7-8(2)13-9(11-7)5-12-4-3-10-6-12/h3-4,6H,5H2,1-2H3. The summed E-state index contributed by atoms with van der Waals surface area (Å²) in [6.07, 6.45) is 5.55. The highest BCUT2D eigenvalue weighted by atomic mass is 32.1. The molecule has 0 aromatic carbocycles. The fourth-order valence-corrected chi connectivity index (χ4v) is 2.09. The predicted molar refractivity (Wildman–Crippen MR) is 52.9 cm³/mol. The highest BCUT2D eigenvalue weighted by Crippen LogP contribution is 2.16. The Morgan fingerprint density at radius 2 is 2.31 bits per heavy atom. The molecule has 0 saturated carbocycles. The summed E-state index contributed by atoms with van der Waals surface area (Å²) in [6.45, 7) is 4.98. The molecule has 0 bridgehead atoms. The molecule has 0 N–H and O–H groups in total. The normalized spacial score (nSPS) is 10.6. The van der Waals surface area contributed by atoms with Gasteiger partial charge in [0.25, 0.3) is 0 Å². The number of hydrogen-bond donors (Lipinski definition) is 0. The summed E-state index contributed by atoms with van der Waals surface area (Å²) in [4.78, 5) is 9.74. The van der Waals surface area contributed by atoms with Crippen LogP contribution in [0.5, 0.6) is 0 Å². The van der Waals surface area contributed by atoms with E-state index in [0.29, 0.717) is 0 Å². The Morgan fingerprint density at radius 3 is 2.85 bits per heavy atom. The smallest absolute Gasteiger partial charge is 0.113 e. The molecule has 0 spiro atoms. The zero-order valence-electron chi connectivity index (χ0n) is 7.69. The maximum absolute atomic E-state index is 4.46. The first-order valence-corrected chi connectivity index (χ1v) is 4.96. The first-order valence-electron chi connectivity index (χ1n) is 4.14. The van der Waals surface area contributed by atoms with Gasteiger partial charge in [-0.25, -0.2) is 9.97 Å². The lowest BCUT2D eigenvalue weighted by Crippen LogP contribution is -1.95. The maximum atomic E-state index is 4.46. The summed E-state index contributed by atoms with van der Waals surface area (Å²) >= 11 is 1.75. The molecule has 4 heteroatoms. The van der Waals surface area contributed by atoms with Crippen LogP contribution in [0.25, 0.3) is 0 Å². The third-order valence-corrected chi connectivity index (χ3v) is 3.01. The molecule has 0 radical (unpaired) electrons. The molecule has 0 fully saturated rings. The summed E-state index contributed by atoms with van der Waals surface area (Å²) in [7, 11) is 0. The summed E-state index contributed by atoms with van der Waals surface area (Å²) in [5, 5.41) is 1.15. The quantitative estimate of drug-likeness (QED) is 0.730. The molecule has 2 rings (SSSR count). The summed E-state index contributed by atoms with van der Waals surface area (Å²) in [5.74, 6) is 0. The van der Waals surface area contributed by atoms with Gasteiger partial charge >= 0.3 is 0 Å². The van der Waals surface area contributed by atoms with Crippen LogP contribution in [-0.4, -0.2) is 14.5 Å². The van der Waals surface area contributed by atoms with Gasteiger partial charge in [0, 0.05) is 17.3 Å². The Morgan fingerprint density at radius 1 is 1.46 bits per heavy atom. The second-order valence-electron chi connectivity index (χ2n) is 2.98. The summed E-state index contributed by atoms with van der Waals surface area (Å²) < 4.78 is 2.03. The third kappa shape index (κ3) is 1.78. The molecule has 3 nitrogen and oxygen atoms in total. The molecule has 0 aliphatic rings. The molecule has 2 heterocycles. The van der Waals surface area contributed by atoms with Gasteiger partial charge in [-0.05, 0) is 13.8 Å². The van der Waals surface area contributed by atoms with Gasteiger partial charge in [-0.15, -0.1) is 11.3 Å². The highest BCUT2D eigenvalue weighted by molar-refractivity contribution is 7.11. The number of aryl methyl sites for hydroxylation is 2. The van der Waals surface area contributed by atoms with E-state index in [1.807, 2.05) is 24.0 Å². The first kappa shape index (κ1) is 8.44. The van der Waals surface area contributed by atoms with E-state index in [1.165, 1.54) is 4.88 Å². The number of nitrogens with zero attached hydrogens (tertiary/aromatic N) is 3. The van der Waals surface area contributed by atoms with Crippen molar-refractivity contribution in [1.82, 2.24) is 14.5 Å². The topological polar surface area (TPSA) is 30.7 Å². The molecule has 0 atom stereocenters. The van der Waals surface area contributed by atoms with E-state index < -0.39 is 0 Å². The minimum absolute atomic E-state index is 0.833. The average Bonchev–Trinajstić information content (AvgIpc) is 2.64. The largest absolute Gasteiger partial charge is 0.331 e. The zero-order valence-corrected chi connectivity index (χ0v) is 8.51. The van der Waals surface area contributed by atoms with Crippen molar-refractivity contribution in [3.05, 3.63) is 34.3 Å². The molecule has 13 heavy (non-hydrogen) atoms. The molecule has 0 unspecified atom stereocenters. The van der Waals surface area contributed by atoms with Gasteiger partial charge in [-0.1, -0.05) is 0 Å². The molecule has 0 aliphatic carbocycles. The van der Waals surface area contributed by atoms with Crippen LogP contribution in [0.3, 0.4) is 0 Å². The lowest BCUT2D eigenvalue weighted by atomic mass is 10.4. The van der Waals surface area contributed by atoms with Gasteiger partial charge in [0.1, 0.15) is 5.01 Å². The van der Waals surface area contributed by atoms with Crippen LogP contribution in [0.1, 0.15) is 15.6 Å². The maximum Gasteiger partial charge on any atom is 0.113 e. The summed E-state index contributed by atoms with van der Waals surface area (Å²) in [5.41, 5.74) is 1.14. The number of thiazole rings is 1. The van der Waals surface area contributed by atoms with Crippen molar-refractivity contribution in [3.8, 4) is 0 Å². The van der Waals surface area contributed by atoms with Crippen LogP contribution in [-0.2, 0) is 6.54 Å².